The van der Waals surface area contributed by atoms with Gasteiger partial charge in [-0.25, -0.2) is 9.13 Å². The van der Waals surface area contributed by atoms with Crippen LogP contribution >= 0.6 is 15.6 Å². The first-order chi connectivity index (χ1) is 53.7. The highest BCUT2D eigenvalue weighted by molar-refractivity contribution is 7.47. The summed E-state index contributed by atoms with van der Waals surface area (Å²) in [7, 11) is -10.0. The van der Waals surface area contributed by atoms with Crippen molar-refractivity contribution in [1.29, 1.82) is 0 Å². The van der Waals surface area contributed by atoms with E-state index in [0.717, 1.165) is 135 Å². The molecule has 0 saturated heterocycles. The summed E-state index contributed by atoms with van der Waals surface area (Å²) in [4.78, 5) is 73.1. The maximum absolute atomic E-state index is 13.1. The zero-order chi connectivity index (χ0) is 80.3. The van der Waals surface area contributed by atoms with E-state index in [1.165, 1.54) is 70.6 Å². The van der Waals surface area contributed by atoms with Crippen LogP contribution in [0.15, 0.2) is 194 Å². The molecule has 5 atom stereocenters. The van der Waals surface area contributed by atoms with Crippen LogP contribution in [0.25, 0.3) is 0 Å². The van der Waals surface area contributed by atoms with Crippen molar-refractivity contribution >= 4 is 39.5 Å². The Hall–Kier alpha value is -6.10. The molecule has 0 bridgehead atoms. The topological polar surface area (TPSA) is 237 Å². The van der Waals surface area contributed by atoms with Crippen LogP contribution < -0.4 is 0 Å². The standard InChI is InChI=1S/C91H146O17P2/c1-5-9-13-17-21-25-29-33-36-39-42-45-48-52-56-60-64-68-72-76-89(94)102-82-87(108-91(96)78-74-70-66-62-58-54-50-47-44-41-38-35-31-27-23-19-15-11-7-3)84-106-110(99,100)104-80-85(92)79-103-109(97,98)105-83-86(81-101-88(93)75-71-67-63-59-55-51-32-28-24-20-16-12-8-4)107-90(95)77-73-69-65-61-57-53-49-46-43-40-37-34-30-26-22-18-14-10-6-2/h10-11,14-15,21-23,25-27,33-38,42-47,52-54,56-58,64,66,68,70,85-87,92H,5-9,12-13,16-20,24,28-32,39-41,48-51,55,59-63,65,67,69,71-84H2,1-4H3,(H,97,98)(H,99,100)/b14-10-,15-11-,25-21-,26-22-,27-23-,36-33-,37-34-,38-35-,45-42-,46-43-,47-44-,56-52-,57-53-,58-54-,68-64-,70-66-/t85-,86+,87+/m0/s1. The van der Waals surface area contributed by atoms with Crippen molar-refractivity contribution in [2.75, 3.05) is 39.6 Å². The van der Waals surface area contributed by atoms with Gasteiger partial charge in [-0.1, -0.05) is 318 Å². The molecule has 17 nitrogen and oxygen atoms in total. The molecule has 3 N–H and O–H groups in total. The molecule has 0 saturated carbocycles. The van der Waals surface area contributed by atoms with Crippen LogP contribution in [0.4, 0.5) is 0 Å². The highest BCUT2D eigenvalue weighted by Crippen LogP contribution is 2.45. The average molecular weight is 1570 g/mol. The number of phosphoric ester groups is 2. The Morgan fingerprint density at radius 1 is 0.264 bits per heavy atom. The van der Waals surface area contributed by atoms with Crippen molar-refractivity contribution in [3.8, 4) is 0 Å². The lowest BCUT2D eigenvalue weighted by Crippen LogP contribution is -2.30. The normalized spacial score (nSPS) is 14.8. The summed E-state index contributed by atoms with van der Waals surface area (Å²) in [6, 6.07) is 0. The number of allylic oxidation sites excluding steroid dienone is 32. The van der Waals surface area contributed by atoms with E-state index in [1.54, 1.807) is 0 Å². The zero-order valence-corrected chi connectivity index (χ0v) is 69.9. The van der Waals surface area contributed by atoms with Crippen LogP contribution in [-0.2, 0) is 65.4 Å². The molecule has 0 heterocycles. The number of hydrogen-bond acceptors (Lipinski definition) is 15. The second-order valence-corrected chi connectivity index (χ2v) is 29.9. The van der Waals surface area contributed by atoms with Crippen LogP contribution in [0, 0.1) is 0 Å². The van der Waals surface area contributed by atoms with Gasteiger partial charge in [-0.3, -0.25) is 37.3 Å². The molecule has 0 aromatic carbocycles. The maximum atomic E-state index is 13.1. The van der Waals surface area contributed by atoms with E-state index in [2.05, 4.69) is 186 Å². The highest BCUT2D eigenvalue weighted by Gasteiger charge is 2.30. The van der Waals surface area contributed by atoms with Crippen LogP contribution in [0.3, 0.4) is 0 Å². The second kappa shape index (κ2) is 80.9. The Labute approximate surface area is 666 Å². The monoisotopic (exact) mass is 1570 g/mol. The molecule has 0 aliphatic carbocycles. The molecule has 0 rings (SSSR count). The van der Waals surface area contributed by atoms with Gasteiger partial charge in [-0.05, 0) is 148 Å². The van der Waals surface area contributed by atoms with Gasteiger partial charge in [0.2, 0.25) is 0 Å². The minimum atomic E-state index is -5.03. The van der Waals surface area contributed by atoms with Crippen LogP contribution in [-0.4, -0.2) is 96.7 Å². The highest BCUT2D eigenvalue weighted by atomic mass is 31.2. The molecule has 19 heteroatoms. The molecule has 0 radical (unpaired) electrons. The Balaban J connectivity index is 5.56. The fourth-order valence-corrected chi connectivity index (χ4v) is 11.9. The van der Waals surface area contributed by atoms with E-state index in [9.17, 15) is 43.2 Å². The third-order valence-corrected chi connectivity index (χ3v) is 18.5. The van der Waals surface area contributed by atoms with Gasteiger partial charge in [0.15, 0.2) is 12.2 Å². The number of hydrogen-bond donors (Lipinski definition) is 3. The molecule has 0 aliphatic rings. The summed E-state index contributed by atoms with van der Waals surface area (Å²) in [5, 5.41) is 10.7. The Kier molecular flexibility index (Phi) is 76.4. The SMILES string of the molecule is CC/C=C\C/C=C\C/C=C\C/C=C\C/C=C\C/C=C\CCC(=O)O[C@H](COC(=O)CC/C=C\C/C=C\C/C=C\C/C=C\C/C=C\CCCCC)COP(=O)(O)OC[C@@H](O)COP(=O)(O)OC[C@@H](COC(=O)CCCCCCCCCCCCCCC)OC(=O)CCCCC/C=C\C/C=C\C/C=C\C/C=C\C/C=C\CC. The molecule has 622 valence electrons. The lowest BCUT2D eigenvalue weighted by atomic mass is 10.0. The van der Waals surface area contributed by atoms with Crippen LogP contribution in [0.2, 0.25) is 0 Å². The van der Waals surface area contributed by atoms with Gasteiger partial charge in [0.1, 0.15) is 19.3 Å². The molecule has 2 unspecified atom stereocenters. The number of aliphatic hydroxyl groups is 1. The van der Waals surface area contributed by atoms with Crippen molar-refractivity contribution < 1.29 is 80.2 Å². The zero-order valence-electron chi connectivity index (χ0n) is 68.1. The van der Waals surface area contributed by atoms with Crippen LogP contribution in [0.1, 0.15) is 297 Å². The lowest BCUT2D eigenvalue weighted by molar-refractivity contribution is -0.161. The first-order valence-corrected chi connectivity index (χ1v) is 44.7. The molecule has 0 aromatic heterocycles. The summed E-state index contributed by atoms with van der Waals surface area (Å²) in [6.45, 7) is 4.40. The number of rotatable bonds is 76. The number of esters is 4. The minimum absolute atomic E-state index is 0.0139. The van der Waals surface area contributed by atoms with Crippen molar-refractivity contribution in [2.45, 2.75) is 316 Å². The van der Waals surface area contributed by atoms with E-state index in [1.807, 2.05) is 36.5 Å². The average Bonchev–Trinajstić information content (AvgIpc) is 0.905. The Morgan fingerprint density at radius 2 is 0.491 bits per heavy atom. The molecule has 0 aromatic rings. The second-order valence-electron chi connectivity index (χ2n) is 27.0. The van der Waals surface area contributed by atoms with Crippen LogP contribution in [0.5, 0.6) is 0 Å². The largest absolute Gasteiger partial charge is 0.472 e. The number of unbranched alkanes of at least 4 members (excludes halogenated alkanes) is 18. The lowest BCUT2D eigenvalue weighted by Gasteiger charge is -2.21. The predicted octanol–water partition coefficient (Wildman–Crippen LogP) is 24.9. The number of ether oxygens (including phenoxy) is 4. The van der Waals surface area contributed by atoms with E-state index in [-0.39, 0.29) is 25.7 Å². The fraction of sp³-hybridized carbons (Fsp3) is 0.604. The van der Waals surface area contributed by atoms with Crippen molar-refractivity contribution in [1.82, 2.24) is 0 Å². The third kappa shape index (κ3) is 80.0. The first kappa shape index (κ1) is 104. The Morgan fingerprint density at radius 3 is 0.818 bits per heavy atom. The van der Waals surface area contributed by atoms with Gasteiger partial charge in [-0.15, -0.1) is 0 Å². The summed E-state index contributed by atoms with van der Waals surface area (Å²) < 4.78 is 68.5. The summed E-state index contributed by atoms with van der Waals surface area (Å²) in [5.74, 6) is -2.42. The van der Waals surface area contributed by atoms with Crippen molar-refractivity contribution in [3.63, 3.8) is 0 Å². The Bertz CT molecular complexity index is 2850. The van der Waals surface area contributed by atoms with Gasteiger partial charge < -0.3 is 33.8 Å². The summed E-state index contributed by atoms with van der Waals surface area (Å²) >= 11 is 0. The quantitative estimate of drug-likeness (QED) is 0.0169. The predicted molar refractivity (Wildman–Crippen MR) is 454 cm³/mol. The van der Waals surface area contributed by atoms with Crippen molar-refractivity contribution in [2.24, 2.45) is 0 Å². The first-order valence-electron chi connectivity index (χ1n) is 41.7. The van der Waals surface area contributed by atoms with Gasteiger partial charge in [0, 0.05) is 25.7 Å². The summed E-state index contributed by atoms with van der Waals surface area (Å²) in [5.41, 5.74) is 0. The van der Waals surface area contributed by atoms with Gasteiger partial charge in [0.05, 0.1) is 26.4 Å². The van der Waals surface area contributed by atoms with E-state index < -0.39 is 97.5 Å². The summed E-state index contributed by atoms with van der Waals surface area (Å²) in [6.07, 6.45) is 100. The van der Waals surface area contributed by atoms with Gasteiger partial charge >= 0.3 is 39.5 Å². The molecule has 110 heavy (non-hydrogen) atoms. The maximum Gasteiger partial charge on any atom is 0.472 e. The molecular weight excluding hydrogens is 1430 g/mol. The van der Waals surface area contributed by atoms with Gasteiger partial charge in [0.25, 0.3) is 0 Å². The molecule has 0 aliphatic heterocycles. The van der Waals surface area contributed by atoms with Crippen molar-refractivity contribution in [3.05, 3.63) is 194 Å². The minimum Gasteiger partial charge on any atom is -0.462 e. The number of carbonyl (C=O) groups is 4. The smallest absolute Gasteiger partial charge is 0.462 e. The number of aliphatic hydroxyl groups excluding tert-OH is 1. The van der Waals surface area contributed by atoms with E-state index >= 15 is 0 Å². The molecule has 0 spiro atoms. The number of phosphoric acid groups is 2. The number of carbonyl (C=O) groups excluding carboxylic acids is 4. The van der Waals surface area contributed by atoms with E-state index in [4.69, 9.17) is 37.0 Å². The third-order valence-electron chi connectivity index (χ3n) is 16.6. The molecule has 0 fully saturated rings. The molecule has 0 amide bonds. The molecular formula is C91H146O17P2. The van der Waals surface area contributed by atoms with Gasteiger partial charge in [-0.2, -0.15) is 0 Å². The fourth-order valence-electron chi connectivity index (χ4n) is 10.3. The van der Waals surface area contributed by atoms with E-state index in [0.29, 0.717) is 38.5 Å².